The minimum absolute atomic E-state index is 0.0409. The number of pyridine rings is 1. The van der Waals surface area contributed by atoms with Crippen LogP contribution in [0.15, 0.2) is 24.5 Å². The van der Waals surface area contributed by atoms with Gasteiger partial charge in [-0.3, -0.25) is 14.6 Å². The molecule has 0 fully saturated rings. The van der Waals surface area contributed by atoms with Crippen LogP contribution in [0.2, 0.25) is 0 Å². The zero-order valence-corrected chi connectivity index (χ0v) is 15.3. The van der Waals surface area contributed by atoms with Gasteiger partial charge in [0.1, 0.15) is 0 Å². The van der Waals surface area contributed by atoms with E-state index in [9.17, 15) is 9.59 Å². The molecule has 1 aromatic heterocycles. The van der Waals surface area contributed by atoms with E-state index in [0.29, 0.717) is 45.1 Å². The Morgan fingerprint density at radius 2 is 1.72 bits per heavy atom. The maximum atomic E-state index is 11.8. The van der Waals surface area contributed by atoms with Gasteiger partial charge in [0.25, 0.3) is 5.91 Å². The third-order valence-corrected chi connectivity index (χ3v) is 3.86. The van der Waals surface area contributed by atoms with Gasteiger partial charge in [0.15, 0.2) is 0 Å². The number of hydrogen-bond donors (Lipinski definition) is 2. The summed E-state index contributed by atoms with van der Waals surface area (Å²) in [5.41, 5.74) is 0.183. The van der Waals surface area contributed by atoms with Gasteiger partial charge in [-0.2, -0.15) is 0 Å². The fourth-order valence-electron chi connectivity index (χ4n) is 1.79. The average molecular weight is 351 g/mol. The van der Waals surface area contributed by atoms with E-state index in [1.165, 1.54) is 6.20 Å². The second-order valence-electron chi connectivity index (χ2n) is 6.22. The van der Waals surface area contributed by atoms with Gasteiger partial charge < -0.3 is 20.1 Å². The van der Waals surface area contributed by atoms with Crippen LogP contribution in [0.4, 0.5) is 0 Å². The zero-order chi connectivity index (χ0) is 18.5. The van der Waals surface area contributed by atoms with E-state index in [1.54, 1.807) is 18.3 Å². The van der Waals surface area contributed by atoms with Crippen LogP contribution in [0.25, 0.3) is 0 Å². The Bertz CT molecular complexity index is 520. The second kappa shape index (κ2) is 11.5. The van der Waals surface area contributed by atoms with E-state index in [4.69, 9.17) is 9.47 Å². The summed E-state index contributed by atoms with van der Waals surface area (Å²) in [5.74, 6) is -0.127. The minimum Gasteiger partial charge on any atom is -0.377 e. The molecule has 0 aliphatic carbocycles. The lowest BCUT2D eigenvalue weighted by atomic mass is 9.89. The fraction of sp³-hybridized carbons (Fsp3) is 0.611. The first-order chi connectivity index (χ1) is 12.0. The van der Waals surface area contributed by atoms with Gasteiger partial charge in [0.2, 0.25) is 5.91 Å². The van der Waals surface area contributed by atoms with Crippen LogP contribution in [-0.4, -0.2) is 56.3 Å². The Balaban J connectivity index is 1.94. The highest BCUT2D eigenvalue weighted by atomic mass is 16.5. The van der Waals surface area contributed by atoms with Crippen molar-refractivity contribution in [3.63, 3.8) is 0 Å². The highest BCUT2D eigenvalue weighted by Crippen LogP contribution is 2.18. The van der Waals surface area contributed by atoms with Crippen molar-refractivity contribution < 1.29 is 19.1 Å². The fourth-order valence-corrected chi connectivity index (χ4v) is 1.79. The van der Waals surface area contributed by atoms with Crippen molar-refractivity contribution in [3.8, 4) is 0 Å². The van der Waals surface area contributed by atoms with Crippen LogP contribution < -0.4 is 10.6 Å². The number of carbonyl (C=O) groups is 2. The van der Waals surface area contributed by atoms with Gasteiger partial charge in [-0.15, -0.1) is 0 Å². The van der Waals surface area contributed by atoms with Crippen molar-refractivity contribution in [3.05, 3.63) is 30.1 Å². The summed E-state index contributed by atoms with van der Waals surface area (Å²) in [5, 5.41) is 5.61. The third-order valence-electron chi connectivity index (χ3n) is 3.86. The predicted molar refractivity (Wildman–Crippen MR) is 95.3 cm³/mol. The minimum atomic E-state index is -0.344. The number of ether oxygens (including phenoxy) is 2. The normalized spacial score (nSPS) is 11.2. The summed E-state index contributed by atoms with van der Waals surface area (Å²) in [6, 6.07) is 3.42. The lowest BCUT2D eigenvalue weighted by molar-refractivity contribution is -0.129. The molecule has 0 unspecified atom stereocenters. The molecule has 0 saturated carbocycles. The molecular weight excluding hydrogens is 322 g/mol. The van der Waals surface area contributed by atoms with E-state index in [1.807, 2.05) is 20.8 Å². The molecule has 0 aliphatic rings. The number of hydrogen-bond acceptors (Lipinski definition) is 5. The van der Waals surface area contributed by atoms with Gasteiger partial charge in [-0.25, -0.2) is 0 Å². The molecular formula is C18H29N3O4. The topological polar surface area (TPSA) is 89.5 Å². The number of aromatic nitrogens is 1. The van der Waals surface area contributed by atoms with Crippen molar-refractivity contribution in [2.45, 2.75) is 27.2 Å². The van der Waals surface area contributed by atoms with Crippen molar-refractivity contribution in [1.82, 2.24) is 15.6 Å². The molecule has 1 rings (SSSR count). The van der Waals surface area contributed by atoms with Crippen LogP contribution in [-0.2, 0) is 14.3 Å². The Hall–Kier alpha value is -1.99. The van der Waals surface area contributed by atoms with Crippen LogP contribution in [0.3, 0.4) is 0 Å². The Labute approximate surface area is 149 Å². The molecule has 2 amide bonds. The monoisotopic (exact) mass is 351 g/mol. The molecule has 1 heterocycles. The van der Waals surface area contributed by atoms with Gasteiger partial charge in [-0.1, -0.05) is 20.8 Å². The second-order valence-corrected chi connectivity index (χ2v) is 6.22. The smallest absolute Gasteiger partial charge is 0.252 e. The molecule has 0 aromatic carbocycles. The van der Waals surface area contributed by atoms with E-state index in [-0.39, 0.29) is 17.2 Å². The quantitative estimate of drug-likeness (QED) is 0.556. The summed E-state index contributed by atoms with van der Waals surface area (Å²) >= 11 is 0. The summed E-state index contributed by atoms with van der Waals surface area (Å²) in [6.45, 7) is 8.50. The van der Waals surface area contributed by atoms with Crippen molar-refractivity contribution in [2.24, 2.45) is 5.41 Å². The summed E-state index contributed by atoms with van der Waals surface area (Å²) < 4.78 is 10.8. The maximum absolute atomic E-state index is 11.8. The largest absolute Gasteiger partial charge is 0.377 e. The number of nitrogens with zero attached hydrogens (tertiary/aromatic N) is 1. The molecule has 7 heteroatoms. The van der Waals surface area contributed by atoms with Gasteiger partial charge in [0.05, 0.1) is 32.0 Å². The first kappa shape index (κ1) is 21.1. The van der Waals surface area contributed by atoms with Crippen LogP contribution >= 0.6 is 0 Å². The summed E-state index contributed by atoms with van der Waals surface area (Å²) in [4.78, 5) is 27.5. The molecule has 2 N–H and O–H groups in total. The average Bonchev–Trinajstić information content (AvgIpc) is 2.63. The Kier molecular flexibility index (Phi) is 9.72. The number of carbonyl (C=O) groups excluding carboxylic acids is 2. The van der Waals surface area contributed by atoms with Crippen LogP contribution in [0.1, 0.15) is 37.6 Å². The molecule has 0 spiro atoms. The van der Waals surface area contributed by atoms with E-state index in [0.717, 1.165) is 6.42 Å². The molecule has 0 atom stereocenters. The van der Waals surface area contributed by atoms with Crippen molar-refractivity contribution in [2.75, 3.05) is 39.5 Å². The van der Waals surface area contributed by atoms with Gasteiger partial charge >= 0.3 is 0 Å². The van der Waals surface area contributed by atoms with Gasteiger partial charge in [-0.05, 0) is 18.6 Å². The third kappa shape index (κ3) is 8.60. The summed E-state index contributed by atoms with van der Waals surface area (Å²) in [6.07, 6.45) is 3.94. The molecule has 0 saturated heterocycles. The number of nitrogens with one attached hydrogen (secondary N) is 2. The molecule has 140 valence electrons. The Morgan fingerprint density at radius 1 is 1.08 bits per heavy atom. The maximum Gasteiger partial charge on any atom is 0.252 e. The van der Waals surface area contributed by atoms with E-state index < -0.39 is 0 Å². The van der Waals surface area contributed by atoms with Crippen LogP contribution in [0, 0.1) is 5.41 Å². The molecule has 0 aliphatic heterocycles. The highest BCUT2D eigenvalue weighted by Gasteiger charge is 2.24. The molecule has 7 nitrogen and oxygen atoms in total. The van der Waals surface area contributed by atoms with Crippen molar-refractivity contribution >= 4 is 11.8 Å². The first-order valence-electron chi connectivity index (χ1n) is 8.59. The molecule has 0 bridgehead atoms. The lowest BCUT2D eigenvalue weighted by Crippen LogP contribution is -2.38. The zero-order valence-electron chi connectivity index (χ0n) is 15.3. The standard InChI is InChI=1S/C18H29N3O4/c1-4-18(2,3)17(23)21-9-11-25-13-12-24-10-8-20-16(22)15-6-5-7-19-14-15/h5-7,14H,4,8-13H2,1-3H3,(H,20,22)(H,21,23). The van der Waals surface area contributed by atoms with E-state index in [2.05, 4.69) is 15.6 Å². The number of amides is 2. The molecule has 25 heavy (non-hydrogen) atoms. The predicted octanol–water partition coefficient (Wildman–Crippen LogP) is 1.40. The summed E-state index contributed by atoms with van der Waals surface area (Å²) in [7, 11) is 0. The molecule has 0 radical (unpaired) electrons. The SMILES string of the molecule is CCC(C)(C)C(=O)NCCOCCOCCNC(=O)c1cccnc1. The van der Waals surface area contributed by atoms with Crippen molar-refractivity contribution in [1.29, 1.82) is 0 Å². The first-order valence-corrected chi connectivity index (χ1v) is 8.59. The highest BCUT2D eigenvalue weighted by molar-refractivity contribution is 5.93. The number of rotatable bonds is 12. The lowest BCUT2D eigenvalue weighted by Gasteiger charge is -2.21. The van der Waals surface area contributed by atoms with Crippen LogP contribution in [0.5, 0.6) is 0 Å². The Morgan fingerprint density at radius 3 is 2.28 bits per heavy atom. The molecule has 1 aromatic rings. The van der Waals surface area contributed by atoms with E-state index >= 15 is 0 Å². The van der Waals surface area contributed by atoms with Gasteiger partial charge in [0, 0.05) is 30.9 Å².